The fraction of sp³-hybridized carbons (Fsp3) is 1.00. The van der Waals surface area contributed by atoms with Crippen molar-refractivity contribution in [1.29, 1.82) is 0 Å². The number of aliphatic hydroxyl groups is 2. The Morgan fingerprint density at radius 3 is 3.00 bits per heavy atom. The molecule has 2 rings (SSSR count). The van der Waals surface area contributed by atoms with Gasteiger partial charge >= 0.3 is 0 Å². The highest BCUT2D eigenvalue weighted by molar-refractivity contribution is 6.12. The summed E-state index contributed by atoms with van der Waals surface area (Å²) in [6.45, 7) is 0.345. The molecule has 0 saturated carbocycles. The van der Waals surface area contributed by atoms with E-state index in [0.717, 1.165) is 0 Å². The van der Waals surface area contributed by atoms with Crippen molar-refractivity contribution in [3.8, 4) is 0 Å². The summed E-state index contributed by atoms with van der Waals surface area (Å²) in [6, 6.07) is -0.827. The summed E-state index contributed by atoms with van der Waals surface area (Å²) in [5.41, 5.74) is -1.30. The minimum absolute atomic E-state index is 0.130. The second-order valence-electron chi connectivity index (χ2n) is 3.64. The number of aliphatic hydroxyl groups excluding tert-OH is 1. The first-order valence-corrected chi connectivity index (χ1v) is 4.62. The molecule has 0 aromatic heterocycles. The lowest BCUT2D eigenvalue weighted by Gasteiger charge is -2.34. The van der Waals surface area contributed by atoms with E-state index in [1.165, 1.54) is 0 Å². The molecule has 2 radical (unpaired) electrons. The second kappa shape index (κ2) is 3.79. The smallest absolute Gasteiger partial charge is 0.147 e. The fourth-order valence-electron chi connectivity index (χ4n) is 1.99. The highest BCUT2D eigenvalue weighted by Crippen LogP contribution is 2.36. The highest BCUT2D eigenvalue weighted by Gasteiger charge is 2.54. The molecule has 2 fully saturated rings. The fourth-order valence-corrected chi connectivity index (χ4v) is 1.99. The lowest BCUT2D eigenvalue weighted by Crippen LogP contribution is -2.52. The molecule has 2 N–H and O–H groups in total. The standard InChI is InChI=1S/C8H13BO5/c9-7-8(11,1-2-10)6-5(14-7)3-12-4-13-6/h5-7,10-11H,1-4H2/t5?,6-,7?,8-/m1/s1. The van der Waals surface area contributed by atoms with Gasteiger partial charge in [-0.1, -0.05) is 0 Å². The van der Waals surface area contributed by atoms with E-state index in [2.05, 4.69) is 0 Å². The number of hydrogen-bond donors (Lipinski definition) is 2. The monoisotopic (exact) mass is 200 g/mol. The molecule has 2 aliphatic rings. The van der Waals surface area contributed by atoms with Crippen LogP contribution in [0.25, 0.3) is 0 Å². The van der Waals surface area contributed by atoms with Crippen molar-refractivity contribution in [1.82, 2.24) is 0 Å². The minimum atomic E-state index is -1.30. The van der Waals surface area contributed by atoms with Crippen LogP contribution in [-0.2, 0) is 14.2 Å². The second-order valence-corrected chi connectivity index (χ2v) is 3.64. The Balaban J connectivity index is 2.14. The van der Waals surface area contributed by atoms with Crippen molar-refractivity contribution in [3.63, 3.8) is 0 Å². The van der Waals surface area contributed by atoms with Crippen LogP contribution in [0.4, 0.5) is 0 Å². The van der Waals surface area contributed by atoms with Crippen LogP contribution >= 0.6 is 0 Å². The van der Waals surface area contributed by atoms with Gasteiger partial charge in [0.1, 0.15) is 32.4 Å². The molecule has 2 aliphatic heterocycles. The van der Waals surface area contributed by atoms with E-state index in [0.29, 0.717) is 6.61 Å². The molecule has 6 heteroatoms. The van der Waals surface area contributed by atoms with Crippen molar-refractivity contribution in [2.24, 2.45) is 0 Å². The summed E-state index contributed by atoms with van der Waals surface area (Å²) in [5.74, 6) is 0. The molecule has 0 amide bonds. The molecule has 2 unspecified atom stereocenters. The Morgan fingerprint density at radius 2 is 2.29 bits per heavy atom. The molecule has 0 spiro atoms. The van der Waals surface area contributed by atoms with Gasteiger partial charge in [-0.15, -0.1) is 0 Å². The third kappa shape index (κ3) is 1.47. The summed E-state index contributed by atoms with van der Waals surface area (Å²) < 4.78 is 15.6. The van der Waals surface area contributed by atoms with E-state index in [4.69, 9.17) is 27.2 Å². The van der Waals surface area contributed by atoms with Gasteiger partial charge in [0.25, 0.3) is 0 Å². The SMILES string of the molecule is [B]C1OC2COCO[C@H]2[C@]1(O)CCO. The quantitative estimate of drug-likeness (QED) is 0.523. The van der Waals surface area contributed by atoms with Crippen LogP contribution in [0.1, 0.15) is 6.42 Å². The lowest BCUT2D eigenvalue weighted by atomic mass is 9.78. The zero-order valence-corrected chi connectivity index (χ0v) is 7.76. The van der Waals surface area contributed by atoms with E-state index >= 15 is 0 Å². The molecule has 4 atom stereocenters. The van der Waals surface area contributed by atoms with Gasteiger partial charge in [0.15, 0.2) is 0 Å². The van der Waals surface area contributed by atoms with Gasteiger partial charge in [-0.2, -0.15) is 0 Å². The van der Waals surface area contributed by atoms with E-state index in [9.17, 15) is 5.11 Å². The molecule has 0 aliphatic carbocycles. The van der Waals surface area contributed by atoms with Crippen molar-refractivity contribution in [2.45, 2.75) is 30.2 Å². The number of fused-ring (bicyclic) bond motifs is 1. The third-order valence-corrected chi connectivity index (χ3v) is 2.77. The van der Waals surface area contributed by atoms with Crippen molar-refractivity contribution in [2.75, 3.05) is 20.0 Å². The molecule has 2 heterocycles. The Hall–Kier alpha value is -0.135. The Bertz CT molecular complexity index is 214. The van der Waals surface area contributed by atoms with Crippen LogP contribution in [0.15, 0.2) is 0 Å². The van der Waals surface area contributed by atoms with Crippen LogP contribution < -0.4 is 0 Å². The first-order valence-electron chi connectivity index (χ1n) is 4.62. The maximum atomic E-state index is 10.2. The normalized spacial score (nSPS) is 47.7. The molecule has 5 nitrogen and oxygen atoms in total. The average Bonchev–Trinajstić information content (AvgIpc) is 2.41. The molecule has 0 aromatic rings. The largest absolute Gasteiger partial charge is 0.396 e. The molecular weight excluding hydrogens is 187 g/mol. The van der Waals surface area contributed by atoms with Crippen molar-refractivity contribution >= 4 is 7.85 Å². The van der Waals surface area contributed by atoms with Gasteiger partial charge in [-0.25, -0.2) is 0 Å². The lowest BCUT2D eigenvalue weighted by molar-refractivity contribution is -0.205. The molecular formula is C8H13BO5. The van der Waals surface area contributed by atoms with Crippen LogP contribution in [0.3, 0.4) is 0 Å². The minimum Gasteiger partial charge on any atom is -0.396 e. The van der Waals surface area contributed by atoms with Gasteiger partial charge in [-0.3, -0.25) is 0 Å². The Kier molecular flexibility index (Phi) is 2.81. The first kappa shape index (κ1) is 10.4. The molecule has 0 bridgehead atoms. The molecule has 2 saturated heterocycles. The van der Waals surface area contributed by atoms with Crippen molar-refractivity contribution in [3.05, 3.63) is 0 Å². The summed E-state index contributed by atoms with van der Waals surface area (Å²) in [6.07, 6.45) is -0.691. The summed E-state index contributed by atoms with van der Waals surface area (Å²) in [5, 5.41) is 19.0. The topological polar surface area (TPSA) is 68.2 Å². The zero-order valence-electron chi connectivity index (χ0n) is 7.76. The van der Waals surface area contributed by atoms with E-state index in [1.807, 2.05) is 0 Å². The van der Waals surface area contributed by atoms with E-state index in [1.54, 1.807) is 0 Å². The summed E-state index contributed by atoms with van der Waals surface area (Å²) >= 11 is 0. The van der Waals surface area contributed by atoms with Crippen LogP contribution in [0.2, 0.25) is 0 Å². The van der Waals surface area contributed by atoms with Gasteiger partial charge in [0, 0.05) is 19.0 Å². The van der Waals surface area contributed by atoms with E-state index < -0.39 is 17.7 Å². The van der Waals surface area contributed by atoms with Gasteiger partial charge in [0.05, 0.1) is 6.61 Å². The van der Waals surface area contributed by atoms with Gasteiger partial charge in [0.2, 0.25) is 0 Å². The van der Waals surface area contributed by atoms with Crippen LogP contribution in [0, 0.1) is 0 Å². The predicted octanol–water partition coefficient (Wildman–Crippen LogP) is -1.63. The Labute approximate surface area is 83.4 Å². The molecule has 14 heavy (non-hydrogen) atoms. The average molecular weight is 200 g/mol. The zero-order chi connectivity index (χ0) is 10.2. The highest BCUT2D eigenvalue weighted by atomic mass is 16.7. The third-order valence-electron chi connectivity index (χ3n) is 2.77. The maximum Gasteiger partial charge on any atom is 0.147 e. The summed E-state index contributed by atoms with van der Waals surface area (Å²) in [4.78, 5) is 0. The Morgan fingerprint density at radius 1 is 1.50 bits per heavy atom. The molecule has 78 valence electrons. The van der Waals surface area contributed by atoms with Crippen LogP contribution in [-0.4, -0.2) is 61.9 Å². The first-order chi connectivity index (χ1) is 6.68. The van der Waals surface area contributed by atoms with E-state index in [-0.39, 0.29) is 25.9 Å². The van der Waals surface area contributed by atoms with Crippen molar-refractivity contribution < 1.29 is 24.4 Å². The van der Waals surface area contributed by atoms with Gasteiger partial charge < -0.3 is 24.4 Å². The number of hydrogen-bond acceptors (Lipinski definition) is 5. The van der Waals surface area contributed by atoms with Crippen LogP contribution in [0.5, 0.6) is 0 Å². The number of ether oxygens (including phenoxy) is 3. The maximum absolute atomic E-state index is 10.2. The van der Waals surface area contributed by atoms with Gasteiger partial charge in [-0.05, 0) is 0 Å². The number of rotatable bonds is 2. The summed E-state index contributed by atoms with van der Waals surface area (Å²) in [7, 11) is 5.64. The predicted molar refractivity (Wildman–Crippen MR) is 46.8 cm³/mol. The molecule has 0 aromatic carbocycles.